The maximum absolute atomic E-state index is 13.0. The number of piperidine rings is 1. The number of alkyl halides is 2. The molecule has 4 nitrogen and oxygen atoms in total. The van der Waals surface area contributed by atoms with Crippen LogP contribution in [0.25, 0.3) is 0 Å². The Morgan fingerprint density at radius 3 is 2.45 bits per heavy atom. The number of carbonyl (C=O) groups excluding carboxylic acids is 1. The van der Waals surface area contributed by atoms with Crippen LogP contribution in [0, 0.1) is 0 Å². The lowest BCUT2D eigenvalue weighted by atomic mass is 10.0. The highest BCUT2D eigenvalue weighted by molar-refractivity contribution is 5.83. The molecule has 1 aromatic rings. The number of hydrogen-bond donors (Lipinski definition) is 0. The molecule has 4 rings (SSSR count). The Morgan fingerprint density at radius 1 is 1.10 bits per heavy atom. The summed E-state index contributed by atoms with van der Waals surface area (Å²) in [7, 11) is 0. The van der Waals surface area contributed by atoms with Crippen molar-refractivity contribution in [1.82, 2.24) is 0 Å². The summed E-state index contributed by atoms with van der Waals surface area (Å²) in [6, 6.07) is 5.20. The zero-order valence-corrected chi connectivity index (χ0v) is 10.6. The molecule has 3 aliphatic heterocycles. The first-order chi connectivity index (χ1) is 9.52. The second kappa shape index (κ2) is 3.84. The highest BCUT2D eigenvalue weighted by Crippen LogP contribution is 2.45. The zero-order valence-electron chi connectivity index (χ0n) is 10.6. The van der Waals surface area contributed by atoms with Crippen LogP contribution in [0.3, 0.4) is 0 Å². The molecule has 1 aromatic carbocycles. The summed E-state index contributed by atoms with van der Waals surface area (Å²) in [5, 5.41) is 0. The first-order valence-electron chi connectivity index (χ1n) is 6.72. The van der Waals surface area contributed by atoms with E-state index in [4.69, 9.17) is 0 Å². The Morgan fingerprint density at radius 2 is 1.75 bits per heavy atom. The molecule has 0 aliphatic carbocycles. The quantitative estimate of drug-likeness (QED) is 0.793. The van der Waals surface area contributed by atoms with Gasteiger partial charge in [0.05, 0.1) is 0 Å². The van der Waals surface area contributed by atoms with Gasteiger partial charge in [0.1, 0.15) is 5.78 Å². The average molecular weight is 281 g/mol. The topological polar surface area (TPSA) is 38.8 Å². The Kier molecular flexibility index (Phi) is 2.29. The van der Waals surface area contributed by atoms with E-state index in [0.717, 1.165) is 18.5 Å². The number of ketones is 1. The lowest BCUT2D eigenvalue weighted by Gasteiger charge is -2.36. The van der Waals surface area contributed by atoms with Gasteiger partial charge in [-0.1, -0.05) is 0 Å². The lowest BCUT2D eigenvalue weighted by molar-refractivity contribution is -0.286. The number of fused-ring (bicyclic) bond motifs is 3. The molecule has 2 saturated heterocycles. The number of Topliss-reactive ketones (excluding diaryl/α,β-unsaturated/α-hetero) is 1. The van der Waals surface area contributed by atoms with Crippen molar-refractivity contribution in [3.05, 3.63) is 18.2 Å². The minimum absolute atomic E-state index is 0.0548. The summed E-state index contributed by atoms with van der Waals surface area (Å²) in [5.41, 5.74) is 0.824. The molecule has 0 spiro atoms. The number of anilines is 1. The van der Waals surface area contributed by atoms with E-state index < -0.39 is 6.29 Å². The zero-order chi connectivity index (χ0) is 13.9. The van der Waals surface area contributed by atoms with Gasteiger partial charge in [0.2, 0.25) is 0 Å². The van der Waals surface area contributed by atoms with Crippen LogP contribution in [0.15, 0.2) is 18.2 Å². The van der Waals surface area contributed by atoms with Gasteiger partial charge in [0, 0.05) is 36.7 Å². The molecule has 0 radical (unpaired) electrons. The Bertz CT molecular complexity index is 574. The van der Waals surface area contributed by atoms with Crippen molar-refractivity contribution in [2.75, 3.05) is 4.90 Å². The Hall–Kier alpha value is -1.85. The second-order valence-corrected chi connectivity index (χ2v) is 5.54. The van der Waals surface area contributed by atoms with Crippen LogP contribution < -0.4 is 14.4 Å². The van der Waals surface area contributed by atoms with Crippen LogP contribution >= 0.6 is 0 Å². The van der Waals surface area contributed by atoms with Gasteiger partial charge in [-0.05, 0) is 25.0 Å². The normalized spacial score (nSPS) is 29.9. The summed E-state index contributed by atoms with van der Waals surface area (Å²) < 4.78 is 34.9. The van der Waals surface area contributed by atoms with Crippen molar-refractivity contribution in [2.24, 2.45) is 0 Å². The molecule has 6 heteroatoms. The fourth-order valence-electron chi connectivity index (χ4n) is 3.49. The van der Waals surface area contributed by atoms with Crippen LogP contribution in [0.1, 0.15) is 25.7 Å². The van der Waals surface area contributed by atoms with E-state index in [9.17, 15) is 13.6 Å². The molecule has 2 unspecified atom stereocenters. The predicted octanol–water partition coefficient (Wildman–Crippen LogP) is 2.71. The number of benzene rings is 1. The third-order valence-electron chi connectivity index (χ3n) is 4.23. The maximum atomic E-state index is 13.0. The lowest BCUT2D eigenvalue weighted by Crippen LogP contribution is -2.43. The predicted molar refractivity (Wildman–Crippen MR) is 66.2 cm³/mol. The summed E-state index contributed by atoms with van der Waals surface area (Å²) in [4.78, 5) is 13.8. The number of ether oxygens (including phenoxy) is 2. The molecule has 3 aliphatic rings. The van der Waals surface area contributed by atoms with E-state index in [1.165, 1.54) is 6.07 Å². The monoisotopic (exact) mass is 281 g/mol. The van der Waals surface area contributed by atoms with Crippen molar-refractivity contribution in [3.63, 3.8) is 0 Å². The smallest absolute Gasteiger partial charge is 0.395 e. The van der Waals surface area contributed by atoms with Gasteiger partial charge < -0.3 is 14.4 Å². The number of hydrogen-bond acceptors (Lipinski definition) is 4. The maximum Gasteiger partial charge on any atom is 0.586 e. The van der Waals surface area contributed by atoms with E-state index >= 15 is 0 Å². The van der Waals surface area contributed by atoms with Gasteiger partial charge in [0.15, 0.2) is 11.5 Å². The highest BCUT2D eigenvalue weighted by Gasteiger charge is 2.45. The summed E-state index contributed by atoms with van der Waals surface area (Å²) in [5.74, 6) is 0.406. The number of rotatable bonds is 1. The first kappa shape index (κ1) is 11.9. The summed E-state index contributed by atoms with van der Waals surface area (Å²) in [6.07, 6.45) is -0.554. The van der Waals surface area contributed by atoms with E-state index in [2.05, 4.69) is 14.4 Å². The molecule has 0 saturated carbocycles. The molecule has 2 fully saturated rings. The number of carbonyl (C=O) groups is 1. The van der Waals surface area contributed by atoms with Crippen LogP contribution in [-0.2, 0) is 4.79 Å². The first-order valence-corrected chi connectivity index (χ1v) is 6.72. The van der Waals surface area contributed by atoms with Crippen molar-refractivity contribution >= 4 is 11.5 Å². The highest BCUT2D eigenvalue weighted by atomic mass is 19.3. The molecule has 106 valence electrons. The minimum Gasteiger partial charge on any atom is -0.395 e. The molecule has 2 bridgehead atoms. The summed E-state index contributed by atoms with van der Waals surface area (Å²) >= 11 is 0. The SMILES string of the molecule is O=C1CC2CCC(C1)N2c1ccc2c(c1)OC(F)(F)O2. The van der Waals surface area contributed by atoms with Gasteiger partial charge >= 0.3 is 6.29 Å². The fraction of sp³-hybridized carbons (Fsp3) is 0.500. The van der Waals surface area contributed by atoms with Crippen molar-refractivity contribution in [2.45, 2.75) is 44.1 Å². The third-order valence-corrected chi connectivity index (χ3v) is 4.23. The van der Waals surface area contributed by atoms with Crippen LogP contribution in [0.5, 0.6) is 11.5 Å². The van der Waals surface area contributed by atoms with Gasteiger partial charge in [-0.2, -0.15) is 0 Å². The van der Waals surface area contributed by atoms with Crippen LogP contribution in [-0.4, -0.2) is 24.2 Å². The number of halogens is 2. The van der Waals surface area contributed by atoms with Crippen LogP contribution in [0.2, 0.25) is 0 Å². The standard InChI is InChI=1S/C14H13F2NO3/c15-14(16)19-12-4-3-10(7-13(12)20-14)17-8-1-2-9(17)6-11(18)5-8/h3-4,7-9H,1-2,5-6H2. The van der Waals surface area contributed by atoms with Gasteiger partial charge in [0.25, 0.3) is 0 Å². The van der Waals surface area contributed by atoms with Crippen LogP contribution in [0.4, 0.5) is 14.5 Å². The van der Waals surface area contributed by atoms with Gasteiger partial charge in [-0.25, -0.2) is 0 Å². The molecule has 3 heterocycles. The summed E-state index contributed by atoms with van der Waals surface area (Å²) in [6.45, 7) is 0. The van der Waals surface area contributed by atoms with Crippen molar-refractivity contribution in [1.29, 1.82) is 0 Å². The average Bonchev–Trinajstić information content (AvgIpc) is 2.81. The van der Waals surface area contributed by atoms with Gasteiger partial charge in [-0.15, -0.1) is 8.78 Å². The molecule has 0 aromatic heterocycles. The van der Waals surface area contributed by atoms with Gasteiger partial charge in [-0.3, -0.25) is 4.79 Å². The fourth-order valence-corrected chi connectivity index (χ4v) is 3.49. The minimum atomic E-state index is -3.59. The molecule has 20 heavy (non-hydrogen) atoms. The molecule has 2 atom stereocenters. The Balaban J connectivity index is 1.67. The Labute approximate surface area is 114 Å². The second-order valence-electron chi connectivity index (χ2n) is 5.54. The van der Waals surface area contributed by atoms with E-state index in [-0.39, 0.29) is 23.6 Å². The van der Waals surface area contributed by atoms with E-state index in [1.54, 1.807) is 12.1 Å². The van der Waals surface area contributed by atoms with E-state index in [1.807, 2.05) is 0 Å². The third kappa shape index (κ3) is 1.74. The molecular formula is C14H13F2NO3. The van der Waals surface area contributed by atoms with Crippen molar-refractivity contribution < 1.29 is 23.0 Å². The van der Waals surface area contributed by atoms with E-state index in [0.29, 0.717) is 18.6 Å². The molecule has 0 amide bonds. The number of nitrogens with zero attached hydrogens (tertiary/aromatic N) is 1. The van der Waals surface area contributed by atoms with Crippen molar-refractivity contribution in [3.8, 4) is 11.5 Å². The largest absolute Gasteiger partial charge is 0.586 e. The molecular weight excluding hydrogens is 268 g/mol. The molecule has 0 N–H and O–H groups in total.